The van der Waals surface area contributed by atoms with Crippen LogP contribution in [0.4, 0.5) is 0 Å². The number of hydrogen-bond acceptors (Lipinski definition) is 2. The van der Waals surface area contributed by atoms with Crippen LogP contribution in [-0.2, 0) is 11.3 Å². The number of carbonyl (C=O) groups excluding carboxylic acids is 1. The summed E-state index contributed by atoms with van der Waals surface area (Å²) in [6.45, 7) is 5.32. The van der Waals surface area contributed by atoms with E-state index in [9.17, 15) is 4.79 Å². The van der Waals surface area contributed by atoms with Crippen LogP contribution in [0.1, 0.15) is 36.5 Å². The van der Waals surface area contributed by atoms with Gasteiger partial charge in [0.05, 0.1) is 16.4 Å². The highest BCUT2D eigenvalue weighted by atomic mass is 35.5. The van der Waals surface area contributed by atoms with Crippen molar-refractivity contribution in [2.24, 2.45) is 5.92 Å². The molecule has 0 saturated heterocycles. The van der Waals surface area contributed by atoms with E-state index in [1.165, 1.54) is 5.56 Å². The molecule has 1 N–H and O–H groups in total. The van der Waals surface area contributed by atoms with Crippen LogP contribution in [0.3, 0.4) is 0 Å². The van der Waals surface area contributed by atoms with Gasteiger partial charge in [0.1, 0.15) is 5.82 Å². The zero-order valence-electron chi connectivity index (χ0n) is 12.4. The van der Waals surface area contributed by atoms with Gasteiger partial charge in [0.2, 0.25) is 5.91 Å². The fourth-order valence-electron chi connectivity index (χ4n) is 2.69. The first-order chi connectivity index (χ1) is 10.1. The van der Waals surface area contributed by atoms with Gasteiger partial charge in [0.15, 0.2) is 0 Å². The van der Waals surface area contributed by atoms with Crippen LogP contribution in [-0.4, -0.2) is 22.0 Å². The Morgan fingerprint density at radius 1 is 1.52 bits per heavy atom. The molecule has 0 spiro atoms. The monoisotopic (exact) mass is 305 g/mol. The fraction of sp³-hybridized carbons (Fsp3) is 0.500. The zero-order chi connectivity index (χ0) is 15.0. The minimum atomic E-state index is -0.157. The van der Waals surface area contributed by atoms with Gasteiger partial charge in [-0.15, -0.1) is 11.6 Å². The summed E-state index contributed by atoms with van der Waals surface area (Å²) in [7, 11) is 0. The van der Waals surface area contributed by atoms with Crippen LogP contribution >= 0.6 is 11.6 Å². The Morgan fingerprint density at radius 3 is 2.95 bits per heavy atom. The summed E-state index contributed by atoms with van der Waals surface area (Å²) < 4.78 is 2.13. The van der Waals surface area contributed by atoms with Crippen molar-refractivity contribution in [3.05, 3.63) is 29.6 Å². The normalized spacial score (nSPS) is 16.1. The molecule has 1 amide bonds. The summed E-state index contributed by atoms with van der Waals surface area (Å²) in [5.41, 5.74) is 3.25. The molecule has 4 nitrogen and oxygen atoms in total. The van der Waals surface area contributed by atoms with Crippen LogP contribution in [0.15, 0.2) is 18.2 Å². The highest BCUT2D eigenvalue weighted by Crippen LogP contribution is 2.29. The Balaban J connectivity index is 1.84. The van der Waals surface area contributed by atoms with Gasteiger partial charge in [0.25, 0.3) is 0 Å². The van der Waals surface area contributed by atoms with E-state index in [1.54, 1.807) is 0 Å². The van der Waals surface area contributed by atoms with Crippen molar-refractivity contribution >= 4 is 28.5 Å². The molecule has 1 aliphatic carbocycles. The maximum Gasteiger partial charge on any atom is 0.223 e. The van der Waals surface area contributed by atoms with Crippen molar-refractivity contribution in [2.75, 3.05) is 6.54 Å². The number of aryl methyl sites for hydroxylation is 1. The van der Waals surface area contributed by atoms with Crippen LogP contribution in [0.2, 0.25) is 0 Å². The molecule has 1 atom stereocenters. The summed E-state index contributed by atoms with van der Waals surface area (Å²) in [6.07, 6.45) is 2.06. The Kier molecular flexibility index (Phi) is 3.89. The fourth-order valence-corrected chi connectivity index (χ4v) is 2.86. The van der Waals surface area contributed by atoms with Gasteiger partial charge in [-0.05, 0) is 38.3 Å². The lowest BCUT2D eigenvalue weighted by Crippen LogP contribution is -2.28. The van der Waals surface area contributed by atoms with Gasteiger partial charge in [-0.2, -0.15) is 0 Å². The number of nitrogens with one attached hydrogen (secondary N) is 1. The van der Waals surface area contributed by atoms with Gasteiger partial charge in [-0.25, -0.2) is 4.98 Å². The first kappa shape index (κ1) is 14.4. The number of halogens is 1. The van der Waals surface area contributed by atoms with E-state index in [-0.39, 0.29) is 17.2 Å². The van der Waals surface area contributed by atoms with Gasteiger partial charge >= 0.3 is 0 Å². The van der Waals surface area contributed by atoms with Crippen molar-refractivity contribution < 1.29 is 4.79 Å². The second-order valence-electron chi connectivity index (χ2n) is 5.75. The number of amides is 1. The minimum Gasteiger partial charge on any atom is -0.354 e. The summed E-state index contributed by atoms with van der Waals surface area (Å²) in [4.78, 5) is 16.4. The molecular formula is C16H20ClN3O. The van der Waals surface area contributed by atoms with E-state index in [4.69, 9.17) is 11.6 Å². The SMILES string of the molecule is Cc1cccc2nc(C(C)Cl)n(CCNC(=O)C3CC3)c12. The first-order valence-electron chi connectivity index (χ1n) is 7.45. The Labute approximate surface area is 129 Å². The molecule has 3 rings (SSSR count). The molecule has 1 aliphatic rings. The topological polar surface area (TPSA) is 46.9 Å². The third-order valence-corrected chi connectivity index (χ3v) is 4.13. The summed E-state index contributed by atoms with van der Waals surface area (Å²) in [5, 5.41) is 2.85. The third kappa shape index (κ3) is 2.91. The lowest BCUT2D eigenvalue weighted by Gasteiger charge is -2.12. The van der Waals surface area contributed by atoms with Crippen molar-refractivity contribution in [3.8, 4) is 0 Å². The predicted octanol–water partition coefficient (Wildman–Crippen LogP) is 3.17. The molecular weight excluding hydrogens is 286 g/mol. The number of alkyl halides is 1. The van der Waals surface area contributed by atoms with Crippen molar-refractivity contribution in [3.63, 3.8) is 0 Å². The smallest absolute Gasteiger partial charge is 0.223 e. The number of rotatable bonds is 5. The van der Waals surface area contributed by atoms with E-state index >= 15 is 0 Å². The van der Waals surface area contributed by atoms with E-state index in [0.29, 0.717) is 13.1 Å². The van der Waals surface area contributed by atoms with Crippen LogP contribution < -0.4 is 5.32 Å². The maximum absolute atomic E-state index is 11.7. The summed E-state index contributed by atoms with van der Waals surface area (Å²) >= 11 is 6.26. The number of aromatic nitrogens is 2. The number of nitrogens with zero attached hydrogens (tertiary/aromatic N) is 2. The van der Waals surface area contributed by atoms with Gasteiger partial charge in [-0.3, -0.25) is 4.79 Å². The maximum atomic E-state index is 11.7. The van der Waals surface area contributed by atoms with Crippen LogP contribution in [0.5, 0.6) is 0 Å². The minimum absolute atomic E-state index is 0.157. The molecule has 0 radical (unpaired) electrons. The molecule has 112 valence electrons. The largest absolute Gasteiger partial charge is 0.354 e. The van der Waals surface area contributed by atoms with Crippen molar-refractivity contribution in [1.29, 1.82) is 0 Å². The van der Waals surface area contributed by atoms with Gasteiger partial charge in [-0.1, -0.05) is 12.1 Å². The second kappa shape index (κ2) is 5.68. The molecule has 1 unspecified atom stereocenters. The van der Waals surface area contributed by atoms with Crippen LogP contribution in [0, 0.1) is 12.8 Å². The molecule has 0 bridgehead atoms. The van der Waals surface area contributed by atoms with E-state index in [2.05, 4.69) is 27.9 Å². The van der Waals surface area contributed by atoms with Crippen molar-refractivity contribution in [1.82, 2.24) is 14.9 Å². The molecule has 21 heavy (non-hydrogen) atoms. The Hall–Kier alpha value is -1.55. The quantitative estimate of drug-likeness (QED) is 0.863. The molecule has 1 fully saturated rings. The van der Waals surface area contributed by atoms with Crippen LogP contribution in [0.25, 0.3) is 11.0 Å². The lowest BCUT2D eigenvalue weighted by atomic mass is 10.2. The highest BCUT2D eigenvalue weighted by molar-refractivity contribution is 6.20. The first-order valence-corrected chi connectivity index (χ1v) is 7.89. The molecule has 0 aliphatic heterocycles. The van der Waals surface area contributed by atoms with E-state index in [0.717, 1.165) is 29.7 Å². The summed E-state index contributed by atoms with van der Waals surface area (Å²) in [5.74, 6) is 1.29. The number of fused-ring (bicyclic) bond motifs is 1. The van der Waals surface area contributed by atoms with Crippen molar-refractivity contribution in [2.45, 2.75) is 38.6 Å². The number of hydrogen-bond donors (Lipinski definition) is 1. The number of para-hydroxylation sites is 1. The number of imidazole rings is 1. The van der Waals surface area contributed by atoms with Gasteiger partial charge < -0.3 is 9.88 Å². The molecule has 5 heteroatoms. The molecule has 1 aromatic carbocycles. The average molecular weight is 306 g/mol. The van der Waals surface area contributed by atoms with E-state index < -0.39 is 0 Å². The highest BCUT2D eigenvalue weighted by Gasteiger charge is 2.29. The Bertz CT molecular complexity index is 673. The molecule has 1 heterocycles. The van der Waals surface area contributed by atoms with E-state index in [1.807, 2.05) is 19.1 Å². The lowest BCUT2D eigenvalue weighted by molar-refractivity contribution is -0.122. The molecule has 1 aromatic heterocycles. The third-order valence-electron chi connectivity index (χ3n) is 3.94. The standard InChI is InChI=1S/C16H20ClN3O/c1-10-4-3-5-13-14(10)20(15(19-13)11(2)17)9-8-18-16(21)12-6-7-12/h3-5,11-12H,6-9H2,1-2H3,(H,18,21). The zero-order valence-corrected chi connectivity index (χ0v) is 13.2. The van der Waals surface area contributed by atoms with Gasteiger partial charge in [0, 0.05) is 19.0 Å². The average Bonchev–Trinajstić information content (AvgIpc) is 3.21. The molecule has 1 saturated carbocycles. The second-order valence-corrected chi connectivity index (χ2v) is 6.40. The number of benzene rings is 1. The molecule has 2 aromatic rings. The predicted molar refractivity (Wildman–Crippen MR) is 84.5 cm³/mol. The summed E-state index contributed by atoms with van der Waals surface area (Å²) in [6, 6.07) is 6.09. The number of carbonyl (C=O) groups is 1. The Morgan fingerprint density at radius 2 is 2.29 bits per heavy atom.